The number of hydrogen-bond acceptors (Lipinski definition) is 4. The topological polar surface area (TPSA) is 98.0 Å². The molecule has 0 spiro atoms. The van der Waals surface area contributed by atoms with Gasteiger partial charge in [0, 0.05) is 36.9 Å². The Morgan fingerprint density at radius 3 is 2.58 bits per heavy atom. The number of pyridine rings is 1. The molecule has 0 aliphatic rings. The Morgan fingerprint density at radius 2 is 1.82 bits per heavy atom. The third-order valence-electron chi connectivity index (χ3n) is 4.84. The molecule has 0 saturated heterocycles. The minimum absolute atomic E-state index is 0.195. The van der Waals surface area contributed by atoms with Crippen molar-refractivity contribution in [3.63, 3.8) is 0 Å². The predicted octanol–water partition coefficient (Wildman–Crippen LogP) is 2.74. The quantitative estimate of drug-likeness (QED) is 0.457. The number of anilines is 1. The first-order valence-electron chi connectivity index (χ1n) is 10.1. The summed E-state index contributed by atoms with van der Waals surface area (Å²) in [4.78, 5) is 37.2. The maximum absolute atomic E-state index is 13.0. The number of benzene rings is 2. The van der Waals surface area contributed by atoms with E-state index < -0.39 is 17.4 Å². The van der Waals surface area contributed by atoms with Gasteiger partial charge in [-0.15, -0.1) is 0 Å². The van der Waals surface area contributed by atoms with Gasteiger partial charge in [0.05, 0.1) is 11.3 Å². The van der Waals surface area contributed by atoms with Crippen LogP contribution in [-0.4, -0.2) is 26.2 Å². The van der Waals surface area contributed by atoms with E-state index >= 15 is 0 Å². The van der Waals surface area contributed by atoms with Crippen molar-refractivity contribution in [2.45, 2.75) is 13.1 Å². The number of carbonyl (C=O) groups is 2. The summed E-state index contributed by atoms with van der Waals surface area (Å²) < 4.78 is 15.8. The van der Waals surface area contributed by atoms with Crippen molar-refractivity contribution in [1.82, 2.24) is 19.7 Å². The van der Waals surface area contributed by atoms with Gasteiger partial charge in [0.15, 0.2) is 0 Å². The number of carbonyl (C=O) groups excluding carboxylic acids is 2. The molecule has 2 amide bonds. The van der Waals surface area contributed by atoms with Gasteiger partial charge in [-0.1, -0.05) is 18.2 Å². The fourth-order valence-electron chi connectivity index (χ4n) is 3.15. The van der Waals surface area contributed by atoms with E-state index in [1.165, 1.54) is 30.5 Å². The van der Waals surface area contributed by atoms with Crippen LogP contribution in [0.4, 0.5) is 10.1 Å². The maximum atomic E-state index is 13.0. The van der Waals surface area contributed by atoms with Crippen LogP contribution in [-0.2, 0) is 17.9 Å². The normalized spacial score (nSPS) is 10.6. The third-order valence-corrected chi connectivity index (χ3v) is 4.84. The Bertz CT molecular complexity index is 1330. The van der Waals surface area contributed by atoms with Gasteiger partial charge in [0.25, 0.3) is 11.5 Å². The second-order valence-electron chi connectivity index (χ2n) is 7.24. The summed E-state index contributed by atoms with van der Waals surface area (Å²) in [5, 5.41) is 9.62. The Balaban J connectivity index is 1.41. The zero-order valence-electron chi connectivity index (χ0n) is 17.4. The molecule has 0 radical (unpaired) electrons. The molecule has 0 atom stereocenters. The number of aromatic nitrogens is 3. The Kier molecular flexibility index (Phi) is 6.40. The molecule has 0 aliphatic heterocycles. The average Bonchev–Trinajstić information content (AvgIpc) is 3.35. The number of hydrogen-bond donors (Lipinski definition) is 2. The molecule has 33 heavy (non-hydrogen) atoms. The van der Waals surface area contributed by atoms with E-state index in [9.17, 15) is 18.8 Å². The van der Waals surface area contributed by atoms with Gasteiger partial charge in [-0.05, 0) is 48.0 Å². The van der Waals surface area contributed by atoms with Gasteiger partial charge in [-0.25, -0.2) is 9.07 Å². The lowest BCUT2D eigenvalue weighted by Gasteiger charge is -2.11. The van der Waals surface area contributed by atoms with Crippen molar-refractivity contribution < 1.29 is 14.0 Å². The SMILES string of the molecule is O=C(Cn1cc(C(=O)Nc2cccc(-n3cccn3)c2)ccc1=O)NCc1ccc(F)cc1. The molecule has 2 N–H and O–H groups in total. The lowest BCUT2D eigenvalue weighted by atomic mass is 10.2. The molecule has 9 heteroatoms. The predicted molar refractivity (Wildman–Crippen MR) is 120 cm³/mol. The molecule has 0 saturated carbocycles. The second kappa shape index (κ2) is 9.73. The van der Waals surface area contributed by atoms with Crippen LogP contribution in [0.25, 0.3) is 5.69 Å². The number of nitrogens with one attached hydrogen (secondary N) is 2. The monoisotopic (exact) mass is 445 g/mol. The van der Waals surface area contributed by atoms with Crippen molar-refractivity contribution in [2.24, 2.45) is 0 Å². The highest BCUT2D eigenvalue weighted by molar-refractivity contribution is 6.04. The van der Waals surface area contributed by atoms with Crippen molar-refractivity contribution in [2.75, 3.05) is 5.32 Å². The van der Waals surface area contributed by atoms with Gasteiger partial charge in [-0.2, -0.15) is 5.10 Å². The number of rotatable bonds is 7. The molecule has 0 bridgehead atoms. The van der Waals surface area contributed by atoms with Crippen molar-refractivity contribution >= 4 is 17.5 Å². The molecule has 8 nitrogen and oxygen atoms in total. The second-order valence-corrected chi connectivity index (χ2v) is 7.24. The van der Waals surface area contributed by atoms with E-state index in [1.54, 1.807) is 53.5 Å². The van der Waals surface area contributed by atoms with E-state index in [-0.39, 0.29) is 24.5 Å². The van der Waals surface area contributed by atoms with Crippen LogP contribution in [0.5, 0.6) is 0 Å². The zero-order chi connectivity index (χ0) is 23.2. The van der Waals surface area contributed by atoms with E-state index in [0.29, 0.717) is 5.69 Å². The van der Waals surface area contributed by atoms with Crippen molar-refractivity contribution in [3.8, 4) is 5.69 Å². The van der Waals surface area contributed by atoms with E-state index in [0.717, 1.165) is 15.8 Å². The summed E-state index contributed by atoms with van der Waals surface area (Å²) in [6.45, 7) is -0.0590. The Labute approximate surface area is 188 Å². The zero-order valence-corrected chi connectivity index (χ0v) is 17.4. The lowest BCUT2D eigenvalue weighted by molar-refractivity contribution is -0.121. The van der Waals surface area contributed by atoms with E-state index in [1.807, 2.05) is 6.07 Å². The number of amides is 2. The number of halogens is 1. The molecular formula is C24H20FN5O3. The highest BCUT2D eigenvalue weighted by Gasteiger charge is 2.11. The summed E-state index contributed by atoms with van der Waals surface area (Å²) in [5.74, 6) is -1.20. The van der Waals surface area contributed by atoms with Gasteiger partial charge >= 0.3 is 0 Å². The largest absolute Gasteiger partial charge is 0.350 e. The van der Waals surface area contributed by atoms with E-state index in [4.69, 9.17) is 0 Å². The standard InChI is InChI=1S/C24H20FN5O3/c25-19-8-5-17(6-9-19)14-26-22(31)16-29-15-18(7-10-23(29)32)24(33)28-20-3-1-4-21(13-20)30-12-2-11-27-30/h1-13,15H,14,16H2,(H,26,31)(H,28,33). The fourth-order valence-corrected chi connectivity index (χ4v) is 3.15. The van der Waals surface area contributed by atoms with Crippen LogP contribution in [0.3, 0.4) is 0 Å². The van der Waals surface area contributed by atoms with Crippen LogP contribution < -0.4 is 16.2 Å². The highest BCUT2D eigenvalue weighted by Crippen LogP contribution is 2.15. The first kappa shape index (κ1) is 21.7. The Hall–Kier alpha value is -4.53. The van der Waals surface area contributed by atoms with Gasteiger partial charge < -0.3 is 15.2 Å². The smallest absolute Gasteiger partial charge is 0.257 e. The fraction of sp³-hybridized carbons (Fsp3) is 0.0833. The summed E-state index contributed by atoms with van der Waals surface area (Å²) in [6, 6.07) is 17.3. The van der Waals surface area contributed by atoms with Crippen LogP contribution in [0.15, 0.2) is 90.1 Å². The van der Waals surface area contributed by atoms with Crippen LogP contribution >= 0.6 is 0 Å². The van der Waals surface area contributed by atoms with Crippen LogP contribution in [0.2, 0.25) is 0 Å². The minimum atomic E-state index is -0.423. The molecule has 2 aromatic heterocycles. The van der Waals surface area contributed by atoms with Gasteiger partial charge in [0.2, 0.25) is 5.91 Å². The molecule has 4 rings (SSSR count). The lowest BCUT2D eigenvalue weighted by Crippen LogP contribution is -2.32. The first-order valence-corrected chi connectivity index (χ1v) is 10.1. The van der Waals surface area contributed by atoms with Crippen molar-refractivity contribution in [3.05, 3.63) is 113 Å². The molecule has 4 aromatic rings. The number of nitrogens with zero attached hydrogens (tertiary/aromatic N) is 3. The highest BCUT2D eigenvalue weighted by atomic mass is 19.1. The van der Waals surface area contributed by atoms with Crippen LogP contribution in [0, 0.1) is 5.82 Å². The molecule has 0 aliphatic carbocycles. The summed E-state index contributed by atoms with van der Waals surface area (Å²) >= 11 is 0. The summed E-state index contributed by atoms with van der Waals surface area (Å²) in [6.07, 6.45) is 4.79. The average molecular weight is 445 g/mol. The third kappa shape index (κ3) is 5.59. The molecule has 0 fully saturated rings. The van der Waals surface area contributed by atoms with Gasteiger partial charge in [0.1, 0.15) is 12.4 Å². The Morgan fingerprint density at radius 1 is 1.00 bits per heavy atom. The molecule has 166 valence electrons. The van der Waals surface area contributed by atoms with Crippen LogP contribution in [0.1, 0.15) is 15.9 Å². The summed E-state index contributed by atoms with van der Waals surface area (Å²) in [7, 11) is 0. The molecule has 2 heterocycles. The first-order chi connectivity index (χ1) is 16.0. The van der Waals surface area contributed by atoms with Crippen molar-refractivity contribution in [1.29, 1.82) is 0 Å². The summed E-state index contributed by atoms with van der Waals surface area (Å²) in [5.41, 5.74) is 1.88. The van der Waals surface area contributed by atoms with Gasteiger partial charge in [-0.3, -0.25) is 14.4 Å². The molecular weight excluding hydrogens is 425 g/mol. The molecule has 0 unspecified atom stereocenters. The maximum Gasteiger partial charge on any atom is 0.257 e. The molecule has 2 aromatic carbocycles. The van der Waals surface area contributed by atoms with E-state index in [2.05, 4.69) is 15.7 Å². The minimum Gasteiger partial charge on any atom is -0.350 e.